The molecule has 30 heavy (non-hydrogen) atoms. The van der Waals surface area contributed by atoms with Gasteiger partial charge in [0.25, 0.3) is 5.91 Å². The van der Waals surface area contributed by atoms with Crippen LogP contribution in [0.5, 0.6) is 0 Å². The third kappa shape index (κ3) is 4.43. The first kappa shape index (κ1) is 22.5. The Morgan fingerprint density at radius 3 is 2.57 bits per heavy atom. The topological polar surface area (TPSA) is 84.3 Å². The Morgan fingerprint density at radius 1 is 1.23 bits per heavy atom. The number of aromatic nitrogens is 2. The van der Waals surface area contributed by atoms with E-state index >= 15 is 0 Å². The highest BCUT2D eigenvalue weighted by molar-refractivity contribution is 7.89. The second-order valence-corrected chi connectivity index (χ2v) is 10.5. The van der Waals surface area contributed by atoms with E-state index in [2.05, 4.69) is 24.3 Å². The molecule has 0 bridgehead atoms. The van der Waals surface area contributed by atoms with Crippen LogP contribution in [0.4, 0.5) is 5.69 Å². The van der Waals surface area contributed by atoms with Gasteiger partial charge in [0.1, 0.15) is 4.83 Å². The van der Waals surface area contributed by atoms with E-state index in [4.69, 9.17) is 0 Å². The van der Waals surface area contributed by atoms with Crippen LogP contribution in [0.15, 0.2) is 35.2 Å². The van der Waals surface area contributed by atoms with Gasteiger partial charge in [-0.25, -0.2) is 8.42 Å². The average Bonchev–Trinajstić information content (AvgIpc) is 3.24. The Hall–Kier alpha value is -2.23. The van der Waals surface area contributed by atoms with E-state index in [9.17, 15) is 13.2 Å². The predicted molar refractivity (Wildman–Crippen MR) is 122 cm³/mol. The smallest absolute Gasteiger partial charge is 0.265 e. The summed E-state index contributed by atoms with van der Waals surface area (Å²) < 4.78 is 28.9. The van der Waals surface area contributed by atoms with Crippen molar-refractivity contribution >= 4 is 43.2 Å². The van der Waals surface area contributed by atoms with Gasteiger partial charge in [-0.3, -0.25) is 9.48 Å². The summed E-state index contributed by atoms with van der Waals surface area (Å²) in [6.45, 7) is 11.4. The van der Waals surface area contributed by atoms with Gasteiger partial charge < -0.3 is 5.32 Å². The summed E-state index contributed by atoms with van der Waals surface area (Å²) in [5, 5.41) is 8.38. The third-order valence-electron chi connectivity index (χ3n) is 4.80. The van der Waals surface area contributed by atoms with Gasteiger partial charge in [0, 0.05) is 30.7 Å². The maximum atomic E-state index is 12.8. The largest absolute Gasteiger partial charge is 0.321 e. The Bertz CT molecular complexity index is 1160. The van der Waals surface area contributed by atoms with Crippen molar-refractivity contribution in [3.8, 4) is 0 Å². The molecule has 0 fully saturated rings. The zero-order chi connectivity index (χ0) is 22.1. The lowest BCUT2D eigenvalue weighted by Crippen LogP contribution is -2.30. The molecule has 0 saturated carbocycles. The van der Waals surface area contributed by atoms with Crippen LogP contribution < -0.4 is 5.32 Å². The molecule has 7 nitrogen and oxygen atoms in total. The zero-order valence-corrected chi connectivity index (χ0v) is 19.6. The molecule has 9 heteroatoms. The van der Waals surface area contributed by atoms with Gasteiger partial charge in [-0.05, 0) is 37.1 Å². The molecule has 3 aromatic rings. The van der Waals surface area contributed by atoms with Gasteiger partial charge in [-0.15, -0.1) is 11.3 Å². The SMILES string of the molecule is CCN(CC)S(=O)(=O)c1cccc(NC(=O)c2cc3c(C)nn(CC(C)C)c3s2)c1. The van der Waals surface area contributed by atoms with Crippen molar-refractivity contribution in [3.05, 3.63) is 40.9 Å². The van der Waals surface area contributed by atoms with E-state index in [1.807, 2.05) is 17.7 Å². The monoisotopic (exact) mass is 448 g/mol. The van der Waals surface area contributed by atoms with Gasteiger partial charge in [-0.2, -0.15) is 9.40 Å². The molecule has 0 aliphatic rings. The summed E-state index contributed by atoms with van der Waals surface area (Å²) in [5.74, 6) is 0.187. The van der Waals surface area contributed by atoms with Crippen molar-refractivity contribution < 1.29 is 13.2 Å². The molecular weight excluding hydrogens is 420 g/mol. The van der Waals surface area contributed by atoms with Gasteiger partial charge >= 0.3 is 0 Å². The molecule has 1 N–H and O–H groups in total. The highest BCUT2D eigenvalue weighted by Gasteiger charge is 2.22. The standard InChI is InChI=1S/C21H28N4O3S2/c1-6-24(7-2)30(27,28)17-10-8-9-16(11-17)22-20(26)19-12-18-15(5)23-25(13-14(3)4)21(18)29-19/h8-12,14H,6-7,13H2,1-5H3,(H,22,26). The summed E-state index contributed by atoms with van der Waals surface area (Å²) >= 11 is 1.40. The van der Waals surface area contributed by atoms with E-state index in [-0.39, 0.29) is 10.8 Å². The van der Waals surface area contributed by atoms with Gasteiger partial charge in [0.2, 0.25) is 10.0 Å². The molecule has 0 spiro atoms. The van der Waals surface area contributed by atoms with E-state index in [0.717, 1.165) is 22.5 Å². The number of amides is 1. The average molecular weight is 449 g/mol. The van der Waals surface area contributed by atoms with Crippen LogP contribution in [0.1, 0.15) is 43.1 Å². The van der Waals surface area contributed by atoms with Crippen LogP contribution in [-0.2, 0) is 16.6 Å². The number of benzene rings is 1. The molecule has 0 aliphatic heterocycles. The minimum absolute atomic E-state index is 0.170. The molecule has 0 unspecified atom stereocenters. The first-order valence-corrected chi connectivity index (χ1v) is 12.3. The lowest BCUT2D eigenvalue weighted by Gasteiger charge is -2.18. The molecule has 2 heterocycles. The minimum atomic E-state index is -3.59. The van der Waals surface area contributed by atoms with Gasteiger partial charge in [-0.1, -0.05) is 33.8 Å². The molecule has 0 aliphatic carbocycles. The molecule has 2 aromatic heterocycles. The van der Waals surface area contributed by atoms with Gasteiger partial charge in [0.05, 0.1) is 15.5 Å². The number of rotatable bonds is 8. The number of sulfonamides is 1. The van der Waals surface area contributed by atoms with Crippen molar-refractivity contribution in [1.82, 2.24) is 14.1 Å². The van der Waals surface area contributed by atoms with Crippen molar-refractivity contribution in [2.75, 3.05) is 18.4 Å². The molecule has 162 valence electrons. The number of nitrogens with zero attached hydrogens (tertiary/aromatic N) is 3. The summed E-state index contributed by atoms with van der Waals surface area (Å²) in [4.78, 5) is 14.6. The molecule has 1 amide bonds. The number of aryl methyl sites for hydroxylation is 1. The number of hydrogen-bond acceptors (Lipinski definition) is 5. The maximum Gasteiger partial charge on any atom is 0.265 e. The highest BCUT2D eigenvalue weighted by atomic mass is 32.2. The summed E-state index contributed by atoms with van der Waals surface area (Å²) in [5.41, 5.74) is 1.35. The number of fused-ring (bicyclic) bond motifs is 1. The van der Waals surface area contributed by atoms with Crippen LogP contribution in [0.25, 0.3) is 10.2 Å². The first-order valence-electron chi connectivity index (χ1n) is 10.1. The Balaban J connectivity index is 1.86. The second-order valence-electron chi connectivity index (χ2n) is 7.56. The summed E-state index contributed by atoms with van der Waals surface area (Å²) in [7, 11) is -3.59. The quantitative estimate of drug-likeness (QED) is 0.555. The number of carbonyl (C=O) groups is 1. The van der Waals surface area contributed by atoms with E-state index in [1.54, 1.807) is 32.0 Å². The Morgan fingerprint density at radius 2 is 1.93 bits per heavy atom. The minimum Gasteiger partial charge on any atom is -0.321 e. The fraction of sp³-hybridized carbons (Fsp3) is 0.429. The first-order chi connectivity index (χ1) is 14.2. The Kier molecular flexibility index (Phi) is 6.64. The molecule has 3 rings (SSSR count). The predicted octanol–water partition coefficient (Wildman–Crippen LogP) is 4.35. The lowest BCUT2D eigenvalue weighted by molar-refractivity contribution is 0.103. The molecule has 0 radical (unpaired) electrons. The molecule has 1 aromatic carbocycles. The second kappa shape index (κ2) is 8.87. The van der Waals surface area contributed by atoms with Crippen molar-refractivity contribution in [3.63, 3.8) is 0 Å². The highest BCUT2D eigenvalue weighted by Crippen LogP contribution is 2.30. The van der Waals surface area contributed by atoms with E-state index in [0.29, 0.717) is 29.6 Å². The molecular formula is C21H28N4O3S2. The summed E-state index contributed by atoms with van der Waals surface area (Å²) in [6, 6.07) is 8.24. The van der Waals surface area contributed by atoms with Crippen LogP contribution >= 0.6 is 11.3 Å². The fourth-order valence-electron chi connectivity index (χ4n) is 3.33. The van der Waals surface area contributed by atoms with Crippen LogP contribution in [-0.4, -0.2) is 41.5 Å². The van der Waals surface area contributed by atoms with Crippen molar-refractivity contribution in [2.24, 2.45) is 5.92 Å². The Labute approximate surface area is 181 Å². The van der Waals surface area contributed by atoms with Crippen molar-refractivity contribution in [1.29, 1.82) is 0 Å². The number of anilines is 1. The zero-order valence-electron chi connectivity index (χ0n) is 18.0. The van der Waals surface area contributed by atoms with Crippen LogP contribution in [0, 0.1) is 12.8 Å². The van der Waals surface area contributed by atoms with E-state index in [1.165, 1.54) is 21.7 Å². The normalized spacial score (nSPS) is 12.2. The van der Waals surface area contributed by atoms with Crippen LogP contribution in [0.2, 0.25) is 0 Å². The maximum absolute atomic E-state index is 12.8. The number of nitrogens with one attached hydrogen (secondary N) is 1. The lowest BCUT2D eigenvalue weighted by atomic mass is 10.2. The molecule has 0 saturated heterocycles. The number of hydrogen-bond donors (Lipinski definition) is 1. The fourth-order valence-corrected chi connectivity index (χ4v) is 5.90. The van der Waals surface area contributed by atoms with Crippen LogP contribution in [0.3, 0.4) is 0 Å². The summed E-state index contributed by atoms with van der Waals surface area (Å²) in [6.07, 6.45) is 0. The molecule has 0 atom stereocenters. The number of carbonyl (C=O) groups excluding carboxylic acids is 1. The van der Waals surface area contributed by atoms with Crippen molar-refractivity contribution in [2.45, 2.75) is 46.1 Å². The third-order valence-corrected chi connectivity index (χ3v) is 8.00. The van der Waals surface area contributed by atoms with Gasteiger partial charge in [0.15, 0.2) is 0 Å². The number of thiophene rings is 1. The van der Waals surface area contributed by atoms with E-state index < -0.39 is 10.0 Å².